The van der Waals surface area contributed by atoms with Gasteiger partial charge in [0.15, 0.2) is 5.67 Å². The van der Waals surface area contributed by atoms with Crippen LogP contribution in [0.15, 0.2) is 0 Å². The van der Waals surface area contributed by atoms with Crippen molar-refractivity contribution in [3.05, 3.63) is 0 Å². The van der Waals surface area contributed by atoms with E-state index in [9.17, 15) is 9.18 Å². The molecule has 1 aliphatic carbocycles. The molecule has 0 bridgehead atoms. The quantitative estimate of drug-likeness (QED) is 0.772. The predicted molar refractivity (Wildman–Crippen MR) is 74.3 cm³/mol. The number of ether oxygens (including phenoxy) is 1. The number of halogens is 1. The van der Waals surface area contributed by atoms with Gasteiger partial charge < -0.3 is 14.5 Å². The normalized spacial score (nSPS) is 31.6. The first kappa shape index (κ1) is 14.3. The van der Waals surface area contributed by atoms with Gasteiger partial charge in [-0.2, -0.15) is 0 Å². The molecule has 0 aromatic heterocycles. The molecule has 4 nitrogen and oxygen atoms in total. The van der Waals surface area contributed by atoms with Gasteiger partial charge in [0.1, 0.15) is 0 Å². The van der Waals surface area contributed by atoms with Crippen LogP contribution in [-0.2, 0) is 9.53 Å². The lowest BCUT2D eigenvalue weighted by molar-refractivity contribution is -0.152. The third-order valence-corrected chi connectivity index (χ3v) is 5.23. The van der Waals surface area contributed by atoms with Gasteiger partial charge in [0, 0.05) is 25.7 Å². The summed E-state index contributed by atoms with van der Waals surface area (Å²) < 4.78 is 19.9. The van der Waals surface area contributed by atoms with Gasteiger partial charge in [0.05, 0.1) is 5.60 Å². The van der Waals surface area contributed by atoms with E-state index in [-0.39, 0.29) is 11.5 Å². The maximum absolute atomic E-state index is 13.9. The zero-order valence-electron chi connectivity index (χ0n) is 12.5. The van der Waals surface area contributed by atoms with Crippen molar-refractivity contribution >= 4 is 5.91 Å². The van der Waals surface area contributed by atoms with Crippen molar-refractivity contribution in [1.82, 2.24) is 9.80 Å². The van der Waals surface area contributed by atoms with Crippen LogP contribution < -0.4 is 0 Å². The zero-order chi connectivity index (χ0) is 14.4. The van der Waals surface area contributed by atoms with Crippen LogP contribution in [0, 0.1) is 0 Å². The van der Waals surface area contributed by atoms with Crippen molar-refractivity contribution in [2.45, 2.75) is 55.8 Å². The molecule has 1 unspecified atom stereocenters. The fraction of sp³-hybridized carbons (Fsp3) is 0.933. The number of hydrogen-bond donors (Lipinski definition) is 0. The summed E-state index contributed by atoms with van der Waals surface area (Å²) >= 11 is 0. The third kappa shape index (κ3) is 2.58. The average molecular weight is 284 g/mol. The van der Waals surface area contributed by atoms with E-state index in [1.165, 1.54) is 0 Å². The highest BCUT2D eigenvalue weighted by atomic mass is 19.1. The molecule has 0 aromatic rings. The summed E-state index contributed by atoms with van der Waals surface area (Å²) in [6.07, 6.45) is 4.62. The Balaban J connectivity index is 1.58. The van der Waals surface area contributed by atoms with Gasteiger partial charge in [-0.05, 0) is 52.6 Å². The van der Waals surface area contributed by atoms with Gasteiger partial charge in [0.2, 0.25) is 0 Å². The van der Waals surface area contributed by atoms with Crippen LogP contribution in [-0.4, -0.2) is 66.8 Å². The molecule has 1 saturated carbocycles. The summed E-state index contributed by atoms with van der Waals surface area (Å²) in [5.41, 5.74) is -1.61. The Morgan fingerprint density at radius 1 is 1.25 bits per heavy atom. The second kappa shape index (κ2) is 4.95. The minimum atomic E-state index is -1.52. The van der Waals surface area contributed by atoms with Crippen molar-refractivity contribution in [2.75, 3.05) is 33.8 Å². The van der Waals surface area contributed by atoms with Crippen molar-refractivity contribution in [1.29, 1.82) is 0 Å². The summed E-state index contributed by atoms with van der Waals surface area (Å²) in [7, 11) is 4.23. The lowest BCUT2D eigenvalue weighted by Crippen LogP contribution is -2.54. The van der Waals surface area contributed by atoms with E-state index in [0.29, 0.717) is 32.0 Å². The van der Waals surface area contributed by atoms with Crippen molar-refractivity contribution in [3.63, 3.8) is 0 Å². The number of likely N-dealkylation sites (tertiary alicyclic amines) is 1. The molecule has 3 aliphatic rings. The molecule has 0 N–H and O–H groups in total. The molecule has 3 fully saturated rings. The minimum absolute atomic E-state index is 0.0863. The molecule has 20 heavy (non-hydrogen) atoms. The van der Waals surface area contributed by atoms with Crippen LogP contribution in [0.5, 0.6) is 0 Å². The molecular weight excluding hydrogens is 259 g/mol. The fourth-order valence-corrected chi connectivity index (χ4v) is 3.52. The molecule has 1 amide bonds. The number of hydrogen-bond acceptors (Lipinski definition) is 3. The van der Waals surface area contributed by atoms with E-state index in [0.717, 1.165) is 32.3 Å². The molecule has 0 radical (unpaired) electrons. The van der Waals surface area contributed by atoms with Crippen LogP contribution in [0.25, 0.3) is 0 Å². The van der Waals surface area contributed by atoms with Gasteiger partial charge >= 0.3 is 0 Å². The number of nitrogens with zero attached hydrogens (tertiary/aromatic N) is 2. The topological polar surface area (TPSA) is 32.8 Å². The van der Waals surface area contributed by atoms with Gasteiger partial charge in [-0.25, -0.2) is 4.39 Å². The third-order valence-electron chi connectivity index (χ3n) is 5.23. The van der Waals surface area contributed by atoms with Crippen molar-refractivity contribution < 1.29 is 13.9 Å². The summed E-state index contributed by atoms with van der Waals surface area (Å²) in [5, 5.41) is 0. The van der Waals surface area contributed by atoms with Crippen LogP contribution in [0.1, 0.15) is 38.5 Å². The molecule has 114 valence electrons. The SMILES string of the molecule is CN(C)C1CCOC2(CCN(C(=O)C3(F)CC3)CC2)C1. The van der Waals surface area contributed by atoms with E-state index in [1.807, 2.05) is 0 Å². The van der Waals surface area contributed by atoms with E-state index in [4.69, 9.17) is 4.74 Å². The maximum Gasteiger partial charge on any atom is 0.260 e. The Hall–Kier alpha value is -0.680. The van der Waals surface area contributed by atoms with E-state index >= 15 is 0 Å². The van der Waals surface area contributed by atoms with Gasteiger partial charge in [0.25, 0.3) is 5.91 Å². The minimum Gasteiger partial charge on any atom is -0.375 e. The summed E-state index contributed by atoms with van der Waals surface area (Å²) in [4.78, 5) is 16.0. The van der Waals surface area contributed by atoms with Crippen molar-refractivity contribution in [3.8, 4) is 0 Å². The second-order valence-corrected chi connectivity index (χ2v) is 6.90. The Bertz CT molecular complexity index is 387. The predicted octanol–water partition coefficient (Wildman–Crippen LogP) is 1.59. The Kier molecular flexibility index (Phi) is 3.53. The molecular formula is C15H25FN2O2. The Morgan fingerprint density at radius 3 is 2.45 bits per heavy atom. The average Bonchev–Trinajstić information content (AvgIpc) is 3.18. The number of carbonyl (C=O) groups is 1. The monoisotopic (exact) mass is 284 g/mol. The highest BCUT2D eigenvalue weighted by Gasteiger charge is 2.54. The number of carbonyl (C=O) groups excluding carboxylic acids is 1. The van der Waals surface area contributed by atoms with Crippen molar-refractivity contribution in [2.24, 2.45) is 0 Å². The first-order valence-electron chi connectivity index (χ1n) is 7.73. The smallest absolute Gasteiger partial charge is 0.260 e. The fourth-order valence-electron chi connectivity index (χ4n) is 3.52. The number of rotatable bonds is 2. The number of alkyl halides is 1. The van der Waals surface area contributed by atoms with E-state index in [2.05, 4.69) is 19.0 Å². The molecule has 3 rings (SSSR count). The summed E-state index contributed by atoms with van der Waals surface area (Å²) in [5.74, 6) is -0.285. The van der Waals surface area contributed by atoms with Crippen LogP contribution in [0.3, 0.4) is 0 Å². The van der Waals surface area contributed by atoms with Gasteiger partial charge in [-0.3, -0.25) is 4.79 Å². The molecule has 0 aromatic carbocycles. The highest BCUT2D eigenvalue weighted by Crippen LogP contribution is 2.43. The number of amides is 1. The van der Waals surface area contributed by atoms with Crippen LogP contribution >= 0.6 is 0 Å². The molecule has 1 atom stereocenters. The lowest BCUT2D eigenvalue weighted by atomic mass is 9.82. The molecule has 5 heteroatoms. The molecule has 2 heterocycles. The molecule has 2 aliphatic heterocycles. The van der Waals surface area contributed by atoms with Gasteiger partial charge in [-0.1, -0.05) is 0 Å². The van der Waals surface area contributed by atoms with E-state index in [1.54, 1.807) is 4.90 Å². The van der Waals surface area contributed by atoms with Crippen LogP contribution in [0.2, 0.25) is 0 Å². The lowest BCUT2D eigenvalue weighted by Gasteiger charge is -2.47. The summed E-state index contributed by atoms with van der Waals surface area (Å²) in [6.45, 7) is 2.08. The highest BCUT2D eigenvalue weighted by molar-refractivity contribution is 5.88. The van der Waals surface area contributed by atoms with Crippen LogP contribution in [0.4, 0.5) is 4.39 Å². The summed E-state index contributed by atoms with van der Waals surface area (Å²) in [6, 6.07) is 0.557. The maximum atomic E-state index is 13.9. The largest absolute Gasteiger partial charge is 0.375 e. The van der Waals surface area contributed by atoms with E-state index < -0.39 is 5.67 Å². The first-order valence-corrected chi connectivity index (χ1v) is 7.73. The number of piperidine rings is 1. The molecule has 1 spiro atoms. The second-order valence-electron chi connectivity index (χ2n) is 6.90. The standard InChI is InChI=1S/C15H25FN2O2/c1-17(2)12-3-10-20-14(11-12)6-8-18(9-7-14)13(19)15(16)4-5-15/h12H,3-11H2,1-2H3. The zero-order valence-corrected chi connectivity index (χ0v) is 12.5. The Morgan fingerprint density at radius 2 is 1.90 bits per heavy atom. The van der Waals surface area contributed by atoms with Gasteiger partial charge in [-0.15, -0.1) is 0 Å². The first-order chi connectivity index (χ1) is 9.44. The Labute approximate surface area is 120 Å². The molecule has 2 saturated heterocycles.